The lowest BCUT2D eigenvalue weighted by Gasteiger charge is -2.08. The zero-order valence-corrected chi connectivity index (χ0v) is 12.2. The van der Waals surface area contributed by atoms with Crippen molar-refractivity contribution in [2.45, 2.75) is 18.7 Å². The number of anilines is 1. The van der Waals surface area contributed by atoms with Gasteiger partial charge >= 0.3 is 0 Å². The lowest BCUT2D eigenvalue weighted by molar-refractivity contribution is 0.565. The molecule has 1 heterocycles. The van der Waals surface area contributed by atoms with Gasteiger partial charge in [-0.05, 0) is 44.2 Å². The van der Waals surface area contributed by atoms with Crippen molar-refractivity contribution in [1.82, 2.24) is 9.97 Å². The largest absolute Gasteiger partial charge is 0.264 e. The number of nitrogens with one attached hydrogen (secondary N) is 1. The number of isocyanates is 1. The van der Waals surface area contributed by atoms with Crippen LogP contribution in [0.15, 0.2) is 40.2 Å². The maximum Gasteiger partial charge on any atom is 0.264 e. The van der Waals surface area contributed by atoms with E-state index in [1.165, 1.54) is 30.3 Å². The van der Waals surface area contributed by atoms with Crippen LogP contribution in [0.3, 0.4) is 0 Å². The highest BCUT2D eigenvalue weighted by Gasteiger charge is 2.15. The summed E-state index contributed by atoms with van der Waals surface area (Å²) in [5.41, 5.74) is 1.65. The summed E-state index contributed by atoms with van der Waals surface area (Å²) in [6, 6.07) is 7.22. The van der Waals surface area contributed by atoms with Gasteiger partial charge < -0.3 is 0 Å². The number of benzene rings is 1. The van der Waals surface area contributed by atoms with Crippen molar-refractivity contribution in [3.8, 4) is 0 Å². The standard InChI is InChI=1S/C13H12N4O3S/c1-9-7-10(2)16-13(15-9)17-21(19,20)12-5-3-11(4-6-12)14-8-18/h3-7H,1-2H3,(H,15,16,17). The van der Waals surface area contributed by atoms with E-state index < -0.39 is 10.0 Å². The van der Waals surface area contributed by atoms with Gasteiger partial charge in [-0.3, -0.25) is 0 Å². The van der Waals surface area contributed by atoms with E-state index >= 15 is 0 Å². The van der Waals surface area contributed by atoms with Crippen LogP contribution in [0.4, 0.5) is 11.6 Å². The number of sulfonamides is 1. The normalized spacial score (nSPS) is 10.8. The van der Waals surface area contributed by atoms with Crippen LogP contribution in [0.25, 0.3) is 0 Å². The molecule has 0 saturated carbocycles. The van der Waals surface area contributed by atoms with Crippen LogP contribution in [0.1, 0.15) is 11.4 Å². The third kappa shape index (κ3) is 3.71. The molecule has 0 amide bonds. The lowest BCUT2D eigenvalue weighted by Crippen LogP contribution is -2.15. The van der Waals surface area contributed by atoms with Crippen LogP contribution in [-0.4, -0.2) is 24.5 Å². The smallest absolute Gasteiger partial charge is 0.247 e. The monoisotopic (exact) mass is 304 g/mol. The SMILES string of the molecule is Cc1cc(C)nc(NS(=O)(=O)c2ccc(N=C=O)cc2)n1. The minimum absolute atomic E-state index is 0.0162. The molecule has 108 valence electrons. The first-order valence-corrected chi connectivity index (χ1v) is 7.42. The second kappa shape index (κ2) is 5.82. The molecule has 1 aromatic carbocycles. The summed E-state index contributed by atoms with van der Waals surface area (Å²) < 4.78 is 26.7. The first kappa shape index (κ1) is 14.8. The summed E-state index contributed by atoms with van der Waals surface area (Å²) in [6.07, 6.45) is 1.38. The van der Waals surface area contributed by atoms with E-state index in [9.17, 15) is 13.2 Å². The maximum absolute atomic E-state index is 12.2. The lowest BCUT2D eigenvalue weighted by atomic mass is 10.3. The van der Waals surface area contributed by atoms with Gasteiger partial charge in [0.05, 0.1) is 10.6 Å². The van der Waals surface area contributed by atoms with Crippen LogP contribution in [0.2, 0.25) is 0 Å². The van der Waals surface area contributed by atoms with Gasteiger partial charge in [-0.1, -0.05) is 0 Å². The molecule has 0 atom stereocenters. The van der Waals surface area contributed by atoms with Gasteiger partial charge in [0.25, 0.3) is 10.0 Å². The van der Waals surface area contributed by atoms with Crippen molar-refractivity contribution in [2.75, 3.05) is 4.72 Å². The predicted octanol–water partition coefficient (Wildman–Crippen LogP) is 1.86. The number of rotatable bonds is 4. The molecule has 0 saturated heterocycles. The summed E-state index contributed by atoms with van der Waals surface area (Å²) in [7, 11) is -3.79. The summed E-state index contributed by atoms with van der Waals surface area (Å²) in [5.74, 6) is 0.0162. The third-order valence-electron chi connectivity index (χ3n) is 2.53. The number of nitrogens with zero attached hydrogens (tertiary/aromatic N) is 3. The van der Waals surface area contributed by atoms with E-state index in [1.807, 2.05) is 0 Å². The Morgan fingerprint density at radius 1 is 1.10 bits per heavy atom. The molecule has 0 fully saturated rings. The van der Waals surface area contributed by atoms with Crippen LogP contribution in [0, 0.1) is 13.8 Å². The molecule has 0 spiro atoms. The van der Waals surface area contributed by atoms with Crippen LogP contribution >= 0.6 is 0 Å². The van der Waals surface area contributed by atoms with Crippen molar-refractivity contribution >= 4 is 27.7 Å². The van der Waals surface area contributed by atoms with E-state index in [2.05, 4.69) is 19.7 Å². The average Bonchev–Trinajstić information content (AvgIpc) is 2.38. The molecule has 2 aromatic rings. The molecule has 0 radical (unpaired) electrons. The third-order valence-corrected chi connectivity index (χ3v) is 3.87. The zero-order chi connectivity index (χ0) is 15.5. The van der Waals surface area contributed by atoms with Crippen molar-refractivity contribution < 1.29 is 13.2 Å². The van der Waals surface area contributed by atoms with E-state index in [0.29, 0.717) is 17.1 Å². The van der Waals surface area contributed by atoms with Gasteiger partial charge in [-0.2, -0.15) is 4.99 Å². The zero-order valence-electron chi connectivity index (χ0n) is 11.4. The predicted molar refractivity (Wildman–Crippen MR) is 76.5 cm³/mol. The van der Waals surface area contributed by atoms with Crippen molar-refractivity contribution in [2.24, 2.45) is 4.99 Å². The second-order valence-electron chi connectivity index (χ2n) is 4.28. The van der Waals surface area contributed by atoms with Crippen LogP contribution in [-0.2, 0) is 14.8 Å². The summed E-state index contributed by atoms with van der Waals surface area (Å²) in [4.78, 5) is 21.6. The first-order valence-electron chi connectivity index (χ1n) is 5.94. The van der Waals surface area contributed by atoms with Gasteiger partial charge in [0, 0.05) is 11.4 Å². The molecule has 21 heavy (non-hydrogen) atoms. The highest BCUT2D eigenvalue weighted by Crippen LogP contribution is 2.18. The fraction of sp³-hybridized carbons (Fsp3) is 0.154. The van der Waals surface area contributed by atoms with E-state index in [0.717, 1.165) is 0 Å². The molecule has 2 rings (SSSR count). The Hall–Kier alpha value is -2.57. The molecule has 7 nitrogen and oxygen atoms in total. The molecule has 0 aliphatic carbocycles. The molecule has 1 N–H and O–H groups in total. The number of aliphatic imine (C=N–C) groups is 1. The van der Waals surface area contributed by atoms with E-state index in [-0.39, 0.29) is 10.8 Å². The van der Waals surface area contributed by atoms with Gasteiger partial charge in [0.1, 0.15) is 0 Å². The fourth-order valence-corrected chi connectivity index (χ4v) is 2.65. The number of carbonyl (C=O) groups excluding carboxylic acids is 1. The van der Waals surface area contributed by atoms with Gasteiger partial charge in [-0.15, -0.1) is 0 Å². The van der Waals surface area contributed by atoms with Crippen LogP contribution < -0.4 is 4.72 Å². The summed E-state index contributed by atoms with van der Waals surface area (Å²) in [5, 5.41) is 0. The second-order valence-corrected chi connectivity index (χ2v) is 5.96. The maximum atomic E-state index is 12.2. The minimum Gasteiger partial charge on any atom is -0.247 e. The minimum atomic E-state index is -3.79. The first-order chi connectivity index (χ1) is 9.90. The number of aromatic nitrogens is 2. The molecule has 0 bridgehead atoms. The van der Waals surface area contributed by atoms with Crippen molar-refractivity contribution in [3.05, 3.63) is 41.7 Å². The van der Waals surface area contributed by atoms with Gasteiger partial charge in [0.2, 0.25) is 12.0 Å². The Morgan fingerprint density at radius 2 is 1.67 bits per heavy atom. The molecule has 0 unspecified atom stereocenters. The van der Waals surface area contributed by atoms with Gasteiger partial charge in [0.15, 0.2) is 0 Å². The number of aryl methyl sites for hydroxylation is 2. The van der Waals surface area contributed by atoms with Crippen LogP contribution in [0.5, 0.6) is 0 Å². The summed E-state index contributed by atoms with van der Waals surface area (Å²) >= 11 is 0. The Morgan fingerprint density at radius 3 is 2.19 bits per heavy atom. The number of hydrogen-bond acceptors (Lipinski definition) is 6. The summed E-state index contributed by atoms with van der Waals surface area (Å²) in [6.45, 7) is 3.50. The molecule has 8 heteroatoms. The molecule has 0 aliphatic rings. The molecule has 0 aliphatic heterocycles. The quantitative estimate of drug-likeness (QED) is 0.686. The average molecular weight is 304 g/mol. The van der Waals surface area contributed by atoms with E-state index in [4.69, 9.17) is 0 Å². The number of hydrogen-bond donors (Lipinski definition) is 1. The molecular weight excluding hydrogens is 292 g/mol. The fourth-order valence-electron chi connectivity index (χ4n) is 1.70. The molecular formula is C13H12N4O3S. The van der Waals surface area contributed by atoms with Crippen molar-refractivity contribution in [3.63, 3.8) is 0 Å². The Balaban J connectivity index is 2.31. The Bertz CT molecular complexity index is 790. The highest BCUT2D eigenvalue weighted by atomic mass is 32.2. The Kier molecular flexibility index (Phi) is 4.11. The Labute approximate surface area is 121 Å². The molecule has 1 aromatic heterocycles. The highest BCUT2D eigenvalue weighted by molar-refractivity contribution is 7.92. The van der Waals surface area contributed by atoms with E-state index in [1.54, 1.807) is 19.9 Å². The van der Waals surface area contributed by atoms with Gasteiger partial charge in [-0.25, -0.2) is 27.9 Å². The van der Waals surface area contributed by atoms with Crippen molar-refractivity contribution in [1.29, 1.82) is 0 Å². The topological polar surface area (TPSA) is 101 Å².